The van der Waals surface area contributed by atoms with Crippen LogP contribution < -0.4 is 5.73 Å². The first kappa shape index (κ1) is 15.6. The van der Waals surface area contributed by atoms with Gasteiger partial charge in [0.05, 0.1) is 6.04 Å². The molecule has 5 heteroatoms. The molecule has 0 aliphatic heterocycles. The second-order valence-electron chi connectivity index (χ2n) is 5.74. The monoisotopic (exact) mass is 314 g/mol. The van der Waals surface area contributed by atoms with Crippen molar-refractivity contribution < 1.29 is 4.79 Å². The van der Waals surface area contributed by atoms with Crippen LogP contribution in [0.3, 0.4) is 0 Å². The van der Waals surface area contributed by atoms with Crippen molar-refractivity contribution >= 4 is 29.1 Å². The molecule has 1 atom stereocenters. The summed E-state index contributed by atoms with van der Waals surface area (Å²) >= 11 is 12.1. The molecule has 1 aromatic carbocycles. The molecule has 1 aromatic rings. The number of rotatable bonds is 4. The second kappa shape index (κ2) is 5.92. The van der Waals surface area contributed by atoms with E-state index in [4.69, 9.17) is 28.9 Å². The molecule has 0 spiro atoms. The minimum Gasteiger partial charge on any atom is -0.339 e. The fourth-order valence-electron chi connectivity index (χ4n) is 2.50. The van der Waals surface area contributed by atoms with Crippen LogP contribution in [0.2, 0.25) is 10.0 Å². The van der Waals surface area contributed by atoms with E-state index in [1.807, 2.05) is 13.0 Å². The molecule has 20 heavy (non-hydrogen) atoms. The molecule has 1 aliphatic carbocycles. The Morgan fingerprint density at radius 2 is 2.10 bits per heavy atom. The number of hydrogen-bond donors (Lipinski definition) is 1. The number of halogens is 2. The van der Waals surface area contributed by atoms with Crippen LogP contribution in [0.15, 0.2) is 18.2 Å². The minimum atomic E-state index is -0.297. The van der Waals surface area contributed by atoms with Crippen molar-refractivity contribution in [3.63, 3.8) is 0 Å². The van der Waals surface area contributed by atoms with E-state index in [1.54, 1.807) is 24.1 Å². The molecule has 2 N–H and O–H groups in total. The maximum atomic E-state index is 12.3. The van der Waals surface area contributed by atoms with Crippen molar-refractivity contribution in [1.82, 2.24) is 4.90 Å². The molecule has 0 aromatic heterocycles. The Labute approximate surface area is 130 Å². The summed E-state index contributed by atoms with van der Waals surface area (Å²) in [5, 5.41) is 1.17. The largest absolute Gasteiger partial charge is 0.339 e. The normalized spacial score (nSPS) is 18.2. The van der Waals surface area contributed by atoms with Gasteiger partial charge in [-0.2, -0.15) is 0 Å². The first-order valence-corrected chi connectivity index (χ1v) is 7.57. The molecular weight excluding hydrogens is 295 g/mol. The second-order valence-corrected chi connectivity index (χ2v) is 6.58. The van der Waals surface area contributed by atoms with Crippen molar-refractivity contribution in [3.05, 3.63) is 33.8 Å². The molecule has 0 saturated heterocycles. The lowest BCUT2D eigenvalue weighted by Gasteiger charge is -2.39. The summed E-state index contributed by atoms with van der Waals surface area (Å²) in [5.41, 5.74) is 6.74. The van der Waals surface area contributed by atoms with Gasteiger partial charge < -0.3 is 10.6 Å². The van der Waals surface area contributed by atoms with Crippen molar-refractivity contribution in [1.29, 1.82) is 0 Å². The maximum absolute atomic E-state index is 12.3. The zero-order valence-corrected chi connectivity index (χ0v) is 13.3. The first-order valence-electron chi connectivity index (χ1n) is 6.82. The van der Waals surface area contributed by atoms with Gasteiger partial charge >= 0.3 is 0 Å². The third-order valence-corrected chi connectivity index (χ3v) is 4.80. The summed E-state index contributed by atoms with van der Waals surface area (Å²) in [6.45, 7) is 1.96. The predicted molar refractivity (Wildman–Crippen MR) is 83.0 cm³/mol. The fraction of sp³-hybridized carbons (Fsp3) is 0.533. The Kier molecular flexibility index (Phi) is 4.62. The number of nitrogens with two attached hydrogens (primary N) is 1. The van der Waals surface area contributed by atoms with E-state index in [9.17, 15) is 4.79 Å². The summed E-state index contributed by atoms with van der Waals surface area (Å²) < 4.78 is 0. The summed E-state index contributed by atoms with van der Waals surface area (Å²) in [4.78, 5) is 14.0. The highest BCUT2D eigenvalue weighted by molar-refractivity contribution is 6.35. The average molecular weight is 315 g/mol. The number of hydrogen-bond acceptors (Lipinski definition) is 2. The first-order chi connectivity index (χ1) is 9.32. The lowest BCUT2D eigenvalue weighted by atomic mass is 9.75. The zero-order valence-electron chi connectivity index (χ0n) is 11.8. The summed E-state index contributed by atoms with van der Waals surface area (Å²) in [6.07, 6.45) is 3.39. The lowest BCUT2D eigenvalue weighted by molar-refractivity contribution is -0.133. The molecule has 1 unspecified atom stereocenters. The number of carbonyl (C=O) groups excluding carboxylic acids is 1. The Morgan fingerprint density at radius 1 is 1.45 bits per heavy atom. The molecule has 3 nitrogen and oxygen atoms in total. The van der Waals surface area contributed by atoms with E-state index in [-0.39, 0.29) is 17.5 Å². The van der Waals surface area contributed by atoms with E-state index in [1.165, 1.54) is 0 Å². The Morgan fingerprint density at radius 3 is 2.60 bits per heavy atom. The lowest BCUT2D eigenvalue weighted by Crippen LogP contribution is -2.50. The molecule has 0 bridgehead atoms. The van der Waals surface area contributed by atoms with Gasteiger partial charge in [-0.05, 0) is 43.9 Å². The van der Waals surface area contributed by atoms with Crippen LogP contribution in [0.25, 0.3) is 0 Å². The molecule has 1 fully saturated rings. The zero-order chi connectivity index (χ0) is 14.9. The number of amides is 1. The van der Waals surface area contributed by atoms with E-state index >= 15 is 0 Å². The van der Waals surface area contributed by atoms with Gasteiger partial charge in [-0.3, -0.25) is 4.79 Å². The fourth-order valence-corrected chi connectivity index (χ4v) is 3.06. The smallest absolute Gasteiger partial charge is 0.224 e. The van der Waals surface area contributed by atoms with E-state index in [2.05, 4.69) is 0 Å². The van der Waals surface area contributed by atoms with Crippen molar-refractivity contribution in [2.24, 2.45) is 5.73 Å². The molecule has 2 rings (SSSR count). The van der Waals surface area contributed by atoms with Crippen molar-refractivity contribution in [2.45, 2.75) is 44.2 Å². The molecular formula is C15H20Cl2N2O. The summed E-state index contributed by atoms with van der Waals surface area (Å²) in [6, 6.07) is 5.24. The van der Waals surface area contributed by atoms with Gasteiger partial charge in [0.2, 0.25) is 5.91 Å². The summed E-state index contributed by atoms with van der Waals surface area (Å²) in [7, 11) is 1.79. The van der Waals surface area contributed by atoms with Crippen LogP contribution in [0.4, 0.5) is 0 Å². The van der Waals surface area contributed by atoms with Crippen LogP contribution in [-0.4, -0.2) is 23.4 Å². The standard InChI is InChI=1S/C15H20Cl2N2O/c1-10(12-5-4-11(16)8-13(12)17)19(2)14(20)9-15(18)6-3-7-15/h4-5,8,10H,3,6-7,9,18H2,1-2H3. The van der Waals surface area contributed by atoms with Crippen LogP contribution in [0.1, 0.15) is 44.2 Å². The van der Waals surface area contributed by atoms with Crippen LogP contribution >= 0.6 is 23.2 Å². The van der Waals surface area contributed by atoms with E-state index < -0.39 is 0 Å². The van der Waals surface area contributed by atoms with Gasteiger partial charge in [-0.1, -0.05) is 29.3 Å². The van der Waals surface area contributed by atoms with Gasteiger partial charge in [-0.25, -0.2) is 0 Å². The van der Waals surface area contributed by atoms with Crippen molar-refractivity contribution in [3.8, 4) is 0 Å². The Bertz CT molecular complexity index is 515. The van der Waals surface area contributed by atoms with Crippen LogP contribution in [0.5, 0.6) is 0 Å². The van der Waals surface area contributed by atoms with Crippen LogP contribution in [0, 0.1) is 0 Å². The number of carbonyl (C=O) groups is 1. The third kappa shape index (κ3) is 3.27. The molecule has 1 amide bonds. The maximum Gasteiger partial charge on any atom is 0.224 e. The average Bonchev–Trinajstić information content (AvgIpc) is 2.35. The highest BCUT2D eigenvalue weighted by Crippen LogP contribution is 2.34. The van der Waals surface area contributed by atoms with Gasteiger partial charge in [0, 0.05) is 29.1 Å². The molecule has 110 valence electrons. The topological polar surface area (TPSA) is 46.3 Å². The Hall–Kier alpha value is -0.770. The molecule has 0 radical (unpaired) electrons. The van der Waals surface area contributed by atoms with Gasteiger partial charge in [-0.15, -0.1) is 0 Å². The van der Waals surface area contributed by atoms with Crippen LogP contribution in [-0.2, 0) is 4.79 Å². The van der Waals surface area contributed by atoms with Gasteiger partial charge in [0.15, 0.2) is 0 Å². The van der Waals surface area contributed by atoms with Crippen molar-refractivity contribution in [2.75, 3.05) is 7.05 Å². The van der Waals surface area contributed by atoms with E-state index in [0.717, 1.165) is 24.8 Å². The number of benzene rings is 1. The predicted octanol–water partition coefficient (Wildman–Crippen LogP) is 3.78. The Balaban J connectivity index is 2.07. The number of nitrogens with zero attached hydrogens (tertiary/aromatic N) is 1. The molecule has 0 heterocycles. The van der Waals surface area contributed by atoms with Gasteiger partial charge in [0.25, 0.3) is 0 Å². The van der Waals surface area contributed by atoms with E-state index in [0.29, 0.717) is 16.5 Å². The van der Waals surface area contributed by atoms with Gasteiger partial charge in [0.1, 0.15) is 0 Å². The molecule has 1 saturated carbocycles. The highest BCUT2D eigenvalue weighted by atomic mass is 35.5. The molecule has 1 aliphatic rings. The SMILES string of the molecule is CC(c1ccc(Cl)cc1Cl)N(C)C(=O)CC1(N)CCC1. The minimum absolute atomic E-state index is 0.0608. The third-order valence-electron chi connectivity index (χ3n) is 4.24. The quantitative estimate of drug-likeness (QED) is 0.919. The summed E-state index contributed by atoms with van der Waals surface area (Å²) in [5.74, 6) is 0.0608. The highest BCUT2D eigenvalue weighted by Gasteiger charge is 2.36.